The smallest absolute Gasteiger partial charge is 0.411 e. The van der Waals surface area contributed by atoms with Crippen LogP contribution in [0.2, 0.25) is 5.02 Å². The molecular weight excluding hydrogens is 577 g/mol. The van der Waals surface area contributed by atoms with Gasteiger partial charge < -0.3 is 20.4 Å². The van der Waals surface area contributed by atoms with Crippen LogP contribution >= 0.6 is 11.6 Å². The van der Waals surface area contributed by atoms with Gasteiger partial charge in [-0.25, -0.2) is 18.9 Å². The predicted molar refractivity (Wildman–Crippen MR) is 160 cm³/mol. The Morgan fingerprint density at radius 3 is 2.79 bits per heavy atom. The average molecular weight is 608 g/mol. The first kappa shape index (κ1) is 29.8. The number of anilines is 2. The molecule has 224 valence electrons. The Hall–Kier alpha value is -4.71. The number of amides is 3. The third-order valence-electron chi connectivity index (χ3n) is 7.38. The molecule has 1 aliphatic rings. The van der Waals surface area contributed by atoms with E-state index >= 15 is 0 Å². The standard InChI is InChI=1S/C30H31ClFN7O4/c1-16-6-4-8-22(38-29(41)20-14-34-39(17(20)2)25-9-5-7-21(31)27(25)32)28-33-15-24(37-28)19-11-10-18(35-30(42)43-3)13-23(19)36-26(40)12-16/h5,7,9-11,13-16,22H,4,6,8,12H2,1-3H3,(H,33,37)(H,35,42)(H,36,40)(H,38,41). The van der Waals surface area contributed by atoms with Gasteiger partial charge in [-0.1, -0.05) is 37.4 Å². The summed E-state index contributed by atoms with van der Waals surface area (Å²) < 4.78 is 20.7. The first-order chi connectivity index (χ1) is 20.6. The quantitative estimate of drug-likeness (QED) is 0.219. The van der Waals surface area contributed by atoms with Crippen molar-refractivity contribution in [3.05, 3.63) is 76.7 Å². The number of ether oxygens (including phenoxy) is 1. The molecule has 2 aromatic heterocycles. The molecule has 43 heavy (non-hydrogen) atoms. The van der Waals surface area contributed by atoms with Crippen molar-refractivity contribution in [3.8, 4) is 16.9 Å². The van der Waals surface area contributed by atoms with Crippen molar-refractivity contribution in [2.24, 2.45) is 5.92 Å². The van der Waals surface area contributed by atoms with Gasteiger partial charge in [-0.2, -0.15) is 5.10 Å². The highest BCUT2D eigenvalue weighted by atomic mass is 35.5. The third kappa shape index (κ3) is 6.54. The molecular formula is C30H31ClFN7O4. The average Bonchev–Trinajstić information content (AvgIpc) is 3.61. The molecule has 0 spiro atoms. The number of hydrogen-bond donors (Lipinski definition) is 4. The number of halogens is 2. The zero-order chi connectivity index (χ0) is 30.7. The Kier molecular flexibility index (Phi) is 8.76. The highest BCUT2D eigenvalue weighted by molar-refractivity contribution is 6.30. The normalized spacial score (nSPS) is 17.0. The number of fused-ring (bicyclic) bond motifs is 4. The second kappa shape index (κ2) is 12.7. The lowest BCUT2D eigenvalue weighted by Gasteiger charge is -2.18. The van der Waals surface area contributed by atoms with E-state index in [9.17, 15) is 18.8 Å². The van der Waals surface area contributed by atoms with Crippen LogP contribution in [0.3, 0.4) is 0 Å². The molecule has 2 atom stereocenters. The first-order valence-electron chi connectivity index (χ1n) is 13.8. The molecule has 0 saturated heterocycles. The number of H-pyrrole nitrogens is 1. The number of rotatable bonds is 4. The van der Waals surface area contributed by atoms with Gasteiger partial charge in [0, 0.05) is 17.7 Å². The van der Waals surface area contributed by atoms with Gasteiger partial charge in [-0.3, -0.25) is 14.9 Å². The van der Waals surface area contributed by atoms with E-state index in [0.717, 1.165) is 12.8 Å². The number of imidazole rings is 1. The lowest BCUT2D eigenvalue weighted by atomic mass is 9.97. The lowest BCUT2D eigenvalue weighted by molar-refractivity contribution is -0.117. The van der Waals surface area contributed by atoms with Crippen LogP contribution in [-0.2, 0) is 9.53 Å². The molecule has 3 heterocycles. The summed E-state index contributed by atoms with van der Waals surface area (Å²) in [7, 11) is 1.27. The van der Waals surface area contributed by atoms with Crippen LogP contribution in [0.4, 0.5) is 20.6 Å². The maximum absolute atomic E-state index is 14.7. The summed E-state index contributed by atoms with van der Waals surface area (Å²) in [6.07, 6.45) is 4.73. The Labute approximate surface area is 252 Å². The second-order valence-electron chi connectivity index (χ2n) is 10.5. The minimum absolute atomic E-state index is 0.0419. The number of carbonyl (C=O) groups excluding carboxylic acids is 3. The van der Waals surface area contributed by atoms with Crippen molar-refractivity contribution >= 4 is 40.9 Å². The fraction of sp³-hybridized carbons (Fsp3) is 0.300. The summed E-state index contributed by atoms with van der Waals surface area (Å²) in [4.78, 5) is 46.0. The van der Waals surface area contributed by atoms with Crippen LogP contribution in [0.25, 0.3) is 16.9 Å². The third-order valence-corrected chi connectivity index (χ3v) is 7.68. The van der Waals surface area contributed by atoms with E-state index in [0.29, 0.717) is 47.0 Å². The van der Waals surface area contributed by atoms with Crippen molar-refractivity contribution in [1.29, 1.82) is 0 Å². The molecule has 2 aromatic carbocycles. The molecule has 0 aliphatic carbocycles. The topological polar surface area (TPSA) is 143 Å². The summed E-state index contributed by atoms with van der Waals surface area (Å²) in [5.74, 6) is -0.554. The number of aromatic amines is 1. The second-order valence-corrected chi connectivity index (χ2v) is 10.9. The highest BCUT2D eigenvalue weighted by Gasteiger charge is 2.25. The van der Waals surface area contributed by atoms with Crippen molar-refractivity contribution in [3.63, 3.8) is 0 Å². The summed E-state index contributed by atoms with van der Waals surface area (Å²) >= 11 is 5.95. The van der Waals surface area contributed by atoms with Gasteiger partial charge in [0.25, 0.3) is 5.91 Å². The number of nitrogens with zero attached hydrogens (tertiary/aromatic N) is 3. The van der Waals surface area contributed by atoms with E-state index in [2.05, 4.69) is 35.8 Å². The molecule has 4 N–H and O–H groups in total. The molecule has 5 rings (SSSR count). The molecule has 4 aromatic rings. The molecule has 11 nitrogen and oxygen atoms in total. The van der Waals surface area contributed by atoms with E-state index in [1.165, 1.54) is 30.1 Å². The zero-order valence-electron chi connectivity index (χ0n) is 23.8. The highest BCUT2D eigenvalue weighted by Crippen LogP contribution is 2.33. The van der Waals surface area contributed by atoms with Crippen molar-refractivity contribution in [2.45, 2.75) is 45.6 Å². The molecule has 0 saturated carbocycles. The van der Waals surface area contributed by atoms with E-state index in [1.54, 1.807) is 37.4 Å². The Morgan fingerprint density at radius 1 is 1.19 bits per heavy atom. The van der Waals surface area contributed by atoms with E-state index < -0.39 is 18.0 Å². The summed E-state index contributed by atoms with van der Waals surface area (Å²) in [6.45, 7) is 3.68. The first-order valence-corrected chi connectivity index (χ1v) is 14.2. The maximum atomic E-state index is 14.7. The maximum Gasteiger partial charge on any atom is 0.411 e. The largest absolute Gasteiger partial charge is 0.453 e. The van der Waals surface area contributed by atoms with Gasteiger partial charge in [0.2, 0.25) is 5.91 Å². The fourth-order valence-electron chi connectivity index (χ4n) is 5.11. The van der Waals surface area contributed by atoms with E-state index in [4.69, 9.17) is 11.6 Å². The van der Waals surface area contributed by atoms with Gasteiger partial charge >= 0.3 is 6.09 Å². The van der Waals surface area contributed by atoms with Crippen LogP contribution in [-0.4, -0.2) is 44.8 Å². The SMILES string of the molecule is COC(=O)Nc1ccc2c(c1)NC(=O)CC(C)CCCC(NC(=O)c1cnn(-c3cccc(Cl)c3F)c1C)c1ncc-2[nH]1. The Morgan fingerprint density at radius 2 is 2.00 bits per heavy atom. The van der Waals surface area contributed by atoms with Crippen LogP contribution in [0.1, 0.15) is 60.5 Å². The molecule has 0 fully saturated rings. The van der Waals surface area contributed by atoms with Crippen LogP contribution in [0.5, 0.6) is 0 Å². The van der Waals surface area contributed by atoms with Crippen LogP contribution in [0.15, 0.2) is 48.8 Å². The van der Waals surface area contributed by atoms with Crippen LogP contribution in [0, 0.1) is 18.7 Å². The molecule has 13 heteroatoms. The number of methoxy groups -OCH3 is 1. The molecule has 1 aliphatic heterocycles. The van der Waals surface area contributed by atoms with Gasteiger partial charge in [-0.15, -0.1) is 0 Å². The van der Waals surface area contributed by atoms with Gasteiger partial charge in [0.05, 0.1) is 53.2 Å². The zero-order valence-corrected chi connectivity index (χ0v) is 24.6. The number of carbonyl (C=O) groups is 3. The monoisotopic (exact) mass is 607 g/mol. The van der Waals surface area contributed by atoms with Crippen molar-refractivity contribution in [1.82, 2.24) is 25.1 Å². The van der Waals surface area contributed by atoms with Gasteiger partial charge in [-0.05, 0) is 49.6 Å². The molecule has 2 unspecified atom stereocenters. The summed E-state index contributed by atoms with van der Waals surface area (Å²) in [5, 5.41) is 12.8. The molecule has 0 radical (unpaired) electrons. The van der Waals surface area contributed by atoms with Crippen molar-refractivity contribution in [2.75, 3.05) is 17.7 Å². The number of nitrogens with one attached hydrogen (secondary N) is 4. The van der Waals surface area contributed by atoms with Gasteiger partial charge in [0.1, 0.15) is 11.5 Å². The number of hydrogen-bond acceptors (Lipinski definition) is 6. The number of benzene rings is 2. The van der Waals surface area contributed by atoms with Crippen molar-refractivity contribution < 1.29 is 23.5 Å². The van der Waals surface area contributed by atoms with E-state index in [-0.39, 0.29) is 34.0 Å². The Bertz CT molecular complexity index is 1680. The predicted octanol–water partition coefficient (Wildman–Crippen LogP) is 6.16. The molecule has 3 amide bonds. The Balaban J connectivity index is 1.45. The fourth-order valence-corrected chi connectivity index (χ4v) is 5.28. The minimum Gasteiger partial charge on any atom is -0.453 e. The number of aromatic nitrogens is 4. The van der Waals surface area contributed by atoms with Crippen LogP contribution < -0.4 is 16.0 Å². The summed E-state index contributed by atoms with van der Waals surface area (Å²) in [6, 6.07) is 9.20. The molecule has 2 bridgehead atoms. The van der Waals surface area contributed by atoms with E-state index in [1.807, 2.05) is 6.92 Å². The lowest BCUT2D eigenvalue weighted by Crippen LogP contribution is -2.30. The van der Waals surface area contributed by atoms with Gasteiger partial charge in [0.15, 0.2) is 5.82 Å². The minimum atomic E-state index is -0.634. The summed E-state index contributed by atoms with van der Waals surface area (Å²) in [5.41, 5.74) is 3.07.